The lowest BCUT2D eigenvalue weighted by Crippen LogP contribution is -2.35. The largest absolute Gasteiger partial charge is 0.378 e. The van der Waals surface area contributed by atoms with Gasteiger partial charge in [0.15, 0.2) is 0 Å². The van der Waals surface area contributed by atoms with Crippen molar-refractivity contribution in [1.29, 1.82) is 0 Å². The van der Waals surface area contributed by atoms with Gasteiger partial charge in [0, 0.05) is 56.8 Å². The Labute approximate surface area is 275 Å². The maximum Gasteiger partial charge on any atom is 0.222 e. The number of anilines is 1. The number of carbonyl (C=O) groups excluding carboxylic acids is 2. The van der Waals surface area contributed by atoms with E-state index in [1.54, 1.807) is 0 Å². The Morgan fingerprint density at radius 2 is 1.04 bits per heavy atom. The summed E-state index contributed by atoms with van der Waals surface area (Å²) in [5.41, 5.74) is 4.34. The maximum atomic E-state index is 13.5. The molecular formula is C37H52N4O5. The highest BCUT2D eigenvalue weighted by atomic mass is 16.5. The number of benzene rings is 1. The van der Waals surface area contributed by atoms with Gasteiger partial charge in [-0.2, -0.15) is 0 Å². The lowest BCUT2D eigenvalue weighted by Gasteiger charge is -2.25. The van der Waals surface area contributed by atoms with E-state index >= 15 is 0 Å². The average molecular weight is 633 g/mol. The number of fused-ring (bicyclic) bond motifs is 2. The Bertz CT molecular complexity index is 1230. The average Bonchev–Trinajstić information content (AvgIpc) is 3.05. The molecule has 0 N–H and O–H groups in total. The number of amides is 2. The molecule has 2 aromatic rings. The molecule has 9 heteroatoms. The van der Waals surface area contributed by atoms with Crippen molar-refractivity contribution in [3.8, 4) is 11.8 Å². The third-order valence-electron chi connectivity index (χ3n) is 8.36. The summed E-state index contributed by atoms with van der Waals surface area (Å²) in [6.07, 6.45) is 9.49. The molecule has 1 aromatic carbocycles. The number of pyridine rings is 1. The van der Waals surface area contributed by atoms with Crippen LogP contribution >= 0.6 is 0 Å². The highest BCUT2D eigenvalue weighted by Crippen LogP contribution is 2.17. The molecule has 4 rings (SSSR count). The van der Waals surface area contributed by atoms with Gasteiger partial charge in [0.1, 0.15) is 0 Å². The Morgan fingerprint density at radius 1 is 0.609 bits per heavy atom. The van der Waals surface area contributed by atoms with Crippen molar-refractivity contribution in [3.63, 3.8) is 0 Å². The van der Waals surface area contributed by atoms with Crippen LogP contribution in [0.15, 0.2) is 36.4 Å². The second-order valence-electron chi connectivity index (χ2n) is 12.3. The molecule has 0 fully saturated rings. The first kappa shape index (κ1) is 35.4. The quantitative estimate of drug-likeness (QED) is 0.401. The second-order valence-corrected chi connectivity index (χ2v) is 12.3. The van der Waals surface area contributed by atoms with Crippen LogP contribution in [0.1, 0.15) is 86.7 Å². The number of carbonyl (C=O) groups is 2. The molecule has 250 valence electrons. The van der Waals surface area contributed by atoms with E-state index in [9.17, 15) is 9.59 Å². The normalized spacial score (nSPS) is 19.1. The maximum absolute atomic E-state index is 13.5. The number of ether oxygens (including phenoxy) is 3. The van der Waals surface area contributed by atoms with E-state index < -0.39 is 0 Å². The summed E-state index contributed by atoms with van der Waals surface area (Å²) in [6, 6.07) is 12.1. The summed E-state index contributed by atoms with van der Waals surface area (Å²) in [7, 11) is 4.03. The third-order valence-corrected chi connectivity index (χ3v) is 8.36. The van der Waals surface area contributed by atoms with Crippen molar-refractivity contribution in [2.45, 2.75) is 77.3 Å². The van der Waals surface area contributed by atoms with Crippen molar-refractivity contribution in [2.75, 3.05) is 71.7 Å². The first-order valence-electron chi connectivity index (χ1n) is 17.1. The summed E-state index contributed by atoms with van der Waals surface area (Å²) < 4.78 is 17.3. The van der Waals surface area contributed by atoms with Gasteiger partial charge < -0.3 is 28.9 Å². The fourth-order valence-electron chi connectivity index (χ4n) is 5.67. The van der Waals surface area contributed by atoms with Crippen molar-refractivity contribution in [3.05, 3.63) is 58.9 Å². The van der Waals surface area contributed by atoms with Gasteiger partial charge in [-0.3, -0.25) is 14.6 Å². The van der Waals surface area contributed by atoms with Gasteiger partial charge in [-0.1, -0.05) is 50.4 Å². The number of hydrogen-bond donors (Lipinski definition) is 0. The number of nitrogens with zero attached hydrogens (tertiary/aromatic N) is 4. The number of rotatable bonds is 1. The van der Waals surface area contributed by atoms with Crippen LogP contribution in [0.4, 0.5) is 5.69 Å². The fraction of sp³-hybridized carbons (Fsp3) is 0.595. The van der Waals surface area contributed by atoms with E-state index in [1.165, 1.54) is 12.8 Å². The number of aromatic nitrogens is 1. The van der Waals surface area contributed by atoms with Crippen molar-refractivity contribution >= 4 is 17.5 Å². The summed E-state index contributed by atoms with van der Waals surface area (Å²) in [6.45, 7) is 4.32. The van der Waals surface area contributed by atoms with E-state index in [0.717, 1.165) is 66.7 Å². The van der Waals surface area contributed by atoms with E-state index in [-0.39, 0.29) is 11.8 Å². The van der Waals surface area contributed by atoms with Crippen molar-refractivity contribution < 1.29 is 23.8 Å². The minimum atomic E-state index is 0.113. The molecule has 46 heavy (non-hydrogen) atoms. The summed E-state index contributed by atoms with van der Waals surface area (Å²) in [4.78, 5) is 37.7. The van der Waals surface area contributed by atoms with E-state index in [0.29, 0.717) is 78.7 Å². The molecule has 4 bridgehead atoms. The zero-order valence-electron chi connectivity index (χ0n) is 27.9. The Morgan fingerprint density at radius 3 is 1.52 bits per heavy atom. The van der Waals surface area contributed by atoms with E-state index in [2.05, 4.69) is 28.9 Å². The highest BCUT2D eigenvalue weighted by molar-refractivity contribution is 5.76. The van der Waals surface area contributed by atoms with Gasteiger partial charge in [0.25, 0.3) is 0 Å². The molecule has 0 saturated carbocycles. The topological polar surface area (TPSA) is 84.4 Å². The van der Waals surface area contributed by atoms with Crippen LogP contribution in [0.5, 0.6) is 0 Å². The van der Waals surface area contributed by atoms with Crippen LogP contribution in [0, 0.1) is 11.8 Å². The van der Waals surface area contributed by atoms with Crippen LogP contribution < -0.4 is 4.90 Å². The van der Waals surface area contributed by atoms with Gasteiger partial charge in [-0.15, -0.1) is 0 Å². The first-order valence-corrected chi connectivity index (χ1v) is 17.1. The molecule has 2 amide bonds. The molecular weight excluding hydrogens is 580 g/mol. The van der Waals surface area contributed by atoms with Crippen LogP contribution in [0.2, 0.25) is 0 Å². The molecule has 0 spiro atoms. The zero-order chi connectivity index (χ0) is 32.4. The first-order chi connectivity index (χ1) is 22.5. The Kier molecular flexibility index (Phi) is 15.3. The summed E-state index contributed by atoms with van der Waals surface area (Å²) in [5.74, 6) is 6.85. The Hall–Kier alpha value is -3.45. The standard InChI is InChI=1S/C37H52N4O5/c1-39(2)35-17-15-31(16-18-35)13-14-32-27-33-29-40-19-21-44-23-25-46-26-24-45-22-20-41(30-34(28-32)38-33)37(43)12-10-8-6-4-3-5-7-9-11-36(40)42/h15-18,27-28H,3-12,19-26,29-30H2,1-2H3. The fourth-order valence-corrected chi connectivity index (χ4v) is 5.67. The second kappa shape index (κ2) is 19.9. The molecule has 0 aliphatic carbocycles. The predicted molar refractivity (Wildman–Crippen MR) is 180 cm³/mol. The smallest absolute Gasteiger partial charge is 0.222 e. The van der Waals surface area contributed by atoms with Gasteiger partial charge in [0.05, 0.1) is 64.1 Å². The lowest BCUT2D eigenvalue weighted by atomic mass is 10.1. The van der Waals surface area contributed by atoms with Gasteiger partial charge in [0.2, 0.25) is 11.8 Å². The zero-order valence-corrected chi connectivity index (χ0v) is 27.9. The molecule has 0 atom stereocenters. The monoisotopic (exact) mass is 632 g/mol. The van der Waals surface area contributed by atoms with Crippen molar-refractivity contribution in [2.24, 2.45) is 0 Å². The third kappa shape index (κ3) is 12.7. The van der Waals surface area contributed by atoms with Crippen molar-refractivity contribution in [1.82, 2.24) is 14.8 Å². The van der Waals surface area contributed by atoms with Crippen LogP contribution in [0.3, 0.4) is 0 Å². The molecule has 1 aromatic heterocycles. The summed E-state index contributed by atoms with van der Waals surface area (Å²) in [5, 5.41) is 0. The SMILES string of the molecule is CN(C)c1ccc(C#Cc2cc3nc(c2)CN2CCOCCOCCOCCN(C3)C(=O)CCCCCCCCCCC2=O)cc1. The Balaban J connectivity index is 1.67. The molecule has 0 saturated heterocycles. The van der Waals surface area contributed by atoms with Crippen LogP contribution in [0.25, 0.3) is 0 Å². The molecule has 3 heterocycles. The van der Waals surface area contributed by atoms with E-state index in [4.69, 9.17) is 19.2 Å². The minimum Gasteiger partial charge on any atom is -0.378 e. The lowest BCUT2D eigenvalue weighted by molar-refractivity contribution is -0.133. The minimum absolute atomic E-state index is 0.113. The molecule has 2 aliphatic rings. The van der Waals surface area contributed by atoms with E-state index in [1.807, 2.05) is 48.2 Å². The highest BCUT2D eigenvalue weighted by Gasteiger charge is 2.19. The predicted octanol–water partition coefficient (Wildman–Crippen LogP) is 5.18. The molecule has 2 aliphatic heterocycles. The molecule has 0 unspecified atom stereocenters. The molecule has 9 nitrogen and oxygen atoms in total. The molecule has 0 radical (unpaired) electrons. The van der Waals surface area contributed by atoms with Gasteiger partial charge in [-0.05, 0) is 49.2 Å². The van der Waals surface area contributed by atoms with Gasteiger partial charge >= 0.3 is 0 Å². The van der Waals surface area contributed by atoms with Gasteiger partial charge in [-0.25, -0.2) is 0 Å². The van der Waals surface area contributed by atoms with Crippen LogP contribution in [-0.4, -0.2) is 93.4 Å². The number of hydrogen-bond acceptors (Lipinski definition) is 7. The summed E-state index contributed by atoms with van der Waals surface area (Å²) >= 11 is 0. The van der Waals surface area contributed by atoms with Crippen LogP contribution in [-0.2, 0) is 36.9 Å².